The molecule has 3 rings (SSSR count). The Morgan fingerprint density at radius 2 is 2.00 bits per heavy atom. The van der Waals surface area contributed by atoms with Crippen LogP contribution in [0.25, 0.3) is 0 Å². The van der Waals surface area contributed by atoms with Gasteiger partial charge in [0.15, 0.2) is 0 Å². The van der Waals surface area contributed by atoms with Gasteiger partial charge in [0, 0.05) is 21.4 Å². The SMILES string of the molecule is Cc1cc(CN2C(=O)C(N)c3c(F)cc(F)cc32)c(C)s1. The van der Waals surface area contributed by atoms with E-state index in [9.17, 15) is 13.6 Å². The summed E-state index contributed by atoms with van der Waals surface area (Å²) in [5.74, 6) is -1.89. The number of carbonyl (C=O) groups is 1. The van der Waals surface area contributed by atoms with Gasteiger partial charge in [-0.05, 0) is 31.5 Å². The Bertz CT molecular complexity index is 742. The van der Waals surface area contributed by atoms with E-state index in [2.05, 4.69) is 0 Å². The number of rotatable bonds is 2. The van der Waals surface area contributed by atoms with Gasteiger partial charge in [-0.25, -0.2) is 8.78 Å². The highest BCUT2D eigenvalue weighted by atomic mass is 32.1. The molecule has 0 aliphatic carbocycles. The molecule has 1 unspecified atom stereocenters. The normalized spacial score (nSPS) is 17.5. The van der Waals surface area contributed by atoms with Crippen molar-refractivity contribution < 1.29 is 13.6 Å². The fourth-order valence-corrected chi connectivity index (χ4v) is 3.63. The summed E-state index contributed by atoms with van der Waals surface area (Å²) in [6.45, 7) is 4.21. The van der Waals surface area contributed by atoms with Crippen molar-refractivity contribution in [3.8, 4) is 0 Å². The molecule has 21 heavy (non-hydrogen) atoms. The van der Waals surface area contributed by atoms with E-state index in [1.807, 2.05) is 19.9 Å². The third-order valence-electron chi connectivity index (χ3n) is 3.68. The second-order valence-corrected chi connectivity index (χ2v) is 6.62. The Labute approximate surface area is 125 Å². The number of hydrogen-bond donors (Lipinski definition) is 1. The zero-order valence-corrected chi connectivity index (χ0v) is 12.4. The van der Waals surface area contributed by atoms with Crippen LogP contribution in [0.1, 0.15) is 26.9 Å². The number of nitrogens with two attached hydrogens (primary N) is 1. The highest BCUT2D eigenvalue weighted by Crippen LogP contribution is 2.38. The highest BCUT2D eigenvalue weighted by molar-refractivity contribution is 7.12. The first-order valence-electron chi connectivity index (χ1n) is 6.50. The van der Waals surface area contributed by atoms with Gasteiger partial charge in [0.2, 0.25) is 5.91 Å². The quantitative estimate of drug-likeness (QED) is 0.926. The molecule has 1 atom stereocenters. The number of hydrogen-bond acceptors (Lipinski definition) is 3. The topological polar surface area (TPSA) is 46.3 Å². The Kier molecular flexibility index (Phi) is 3.30. The lowest BCUT2D eigenvalue weighted by Gasteiger charge is -2.17. The maximum Gasteiger partial charge on any atom is 0.249 e. The summed E-state index contributed by atoms with van der Waals surface area (Å²) in [6, 6.07) is 2.83. The Balaban J connectivity index is 2.05. The molecule has 6 heteroatoms. The molecule has 1 aliphatic heterocycles. The second-order valence-electron chi connectivity index (χ2n) is 5.16. The molecule has 1 aromatic heterocycles. The van der Waals surface area contributed by atoms with Crippen LogP contribution in [0.3, 0.4) is 0 Å². The number of anilines is 1. The van der Waals surface area contributed by atoms with Crippen LogP contribution in [0.5, 0.6) is 0 Å². The van der Waals surface area contributed by atoms with Crippen LogP contribution in [-0.2, 0) is 11.3 Å². The molecule has 0 saturated carbocycles. The van der Waals surface area contributed by atoms with Gasteiger partial charge >= 0.3 is 0 Å². The molecule has 110 valence electrons. The number of halogens is 2. The number of thiophene rings is 1. The van der Waals surface area contributed by atoms with E-state index in [-0.39, 0.29) is 17.8 Å². The molecule has 2 aromatic rings. The molecule has 3 nitrogen and oxygen atoms in total. The average Bonchev–Trinajstić information content (AvgIpc) is 2.82. The van der Waals surface area contributed by atoms with Gasteiger partial charge < -0.3 is 10.6 Å². The van der Waals surface area contributed by atoms with Crippen molar-refractivity contribution in [2.75, 3.05) is 4.90 Å². The van der Waals surface area contributed by atoms with Gasteiger partial charge in [0.1, 0.15) is 17.7 Å². The zero-order chi connectivity index (χ0) is 15.3. The zero-order valence-electron chi connectivity index (χ0n) is 11.6. The standard InChI is InChI=1S/C15H14F2N2OS/c1-7-3-9(8(2)21-7)6-19-12-5-10(16)4-11(17)13(12)14(18)15(19)20/h3-5,14H,6,18H2,1-2H3. The molecule has 1 aliphatic rings. The van der Waals surface area contributed by atoms with Crippen molar-refractivity contribution in [2.24, 2.45) is 5.73 Å². The summed E-state index contributed by atoms with van der Waals surface area (Å²) in [4.78, 5) is 15.8. The number of fused-ring (bicyclic) bond motifs is 1. The van der Waals surface area contributed by atoms with Gasteiger partial charge in [0.25, 0.3) is 0 Å². The van der Waals surface area contributed by atoms with Crippen molar-refractivity contribution in [1.82, 2.24) is 0 Å². The third kappa shape index (κ3) is 2.24. The van der Waals surface area contributed by atoms with Crippen molar-refractivity contribution in [1.29, 1.82) is 0 Å². The van der Waals surface area contributed by atoms with E-state index in [1.165, 1.54) is 4.90 Å². The Morgan fingerprint density at radius 3 is 2.62 bits per heavy atom. The van der Waals surface area contributed by atoms with E-state index >= 15 is 0 Å². The second kappa shape index (κ2) is 4.89. The maximum absolute atomic E-state index is 13.9. The van der Waals surface area contributed by atoms with Crippen LogP contribution in [0.15, 0.2) is 18.2 Å². The molecule has 2 N–H and O–H groups in total. The molecule has 0 fully saturated rings. The van der Waals surface area contributed by atoms with Crippen molar-refractivity contribution in [2.45, 2.75) is 26.4 Å². The van der Waals surface area contributed by atoms with Crippen LogP contribution in [-0.4, -0.2) is 5.91 Å². The number of aryl methyl sites for hydroxylation is 2. The third-order valence-corrected chi connectivity index (χ3v) is 4.69. The fourth-order valence-electron chi connectivity index (χ4n) is 2.69. The van der Waals surface area contributed by atoms with Gasteiger partial charge in [-0.15, -0.1) is 11.3 Å². The lowest BCUT2D eigenvalue weighted by Crippen LogP contribution is -2.31. The van der Waals surface area contributed by atoms with Crippen molar-refractivity contribution >= 4 is 22.9 Å². The summed E-state index contributed by atoms with van der Waals surface area (Å²) in [5.41, 5.74) is 7.05. The van der Waals surface area contributed by atoms with Crippen molar-refractivity contribution in [3.05, 3.63) is 50.7 Å². The predicted octanol–water partition coefficient (Wildman–Crippen LogP) is 3.19. The molecular formula is C15H14F2N2OS. The molecule has 2 heterocycles. The van der Waals surface area contributed by atoms with E-state index in [0.29, 0.717) is 0 Å². The highest BCUT2D eigenvalue weighted by Gasteiger charge is 2.38. The number of amides is 1. The summed E-state index contributed by atoms with van der Waals surface area (Å²) >= 11 is 1.62. The molecule has 0 spiro atoms. The summed E-state index contributed by atoms with van der Waals surface area (Å²) in [7, 11) is 0. The lowest BCUT2D eigenvalue weighted by molar-refractivity contribution is -0.119. The first-order valence-corrected chi connectivity index (χ1v) is 7.32. The summed E-state index contributed by atoms with van der Waals surface area (Å²) in [6.07, 6.45) is 0. The lowest BCUT2D eigenvalue weighted by atomic mass is 10.1. The molecule has 1 aromatic carbocycles. The molecule has 0 saturated heterocycles. The minimum atomic E-state index is -1.07. The first kappa shape index (κ1) is 14.2. The van der Waals surface area contributed by atoms with E-state index < -0.39 is 23.6 Å². The van der Waals surface area contributed by atoms with Crippen LogP contribution >= 0.6 is 11.3 Å². The van der Waals surface area contributed by atoms with Gasteiger partial charge in [-0.1, -0.05) is 0 Å². The summed E-state index contributed by atoms with van der Waals surface area (Å²) in [5, 5.41) is 0. The number of carbonyl (C=O) groups excluding carboxylic acids is 1. The first-order chi connectivity index (χ1) is 9.88. The van der Waals surface area contributed by atoms with E-state index in [1.54, 1.807) is 11.3 Å². The molecular weight excluding hydrogens is 294 g/mol. The minimum absolute atomic E-state index is 0.0750. The monoisotopic (exact) mass is 308 g/mol. The van der Waals surface area contributed by atoms with Gasteiger partial charge in [0.05, 0.1) is 12.2 Å². The number of nitrogens with zero attached hydrogens (tertiary/aromatic N) is 1. The van der Waals surface area contributed by atoms with E-state index in [4.69, 9.17) is 5.73 Å². The van der Waals surface area contributed by atoms with Gasteiger partial charge in [-0.2, -0.15) is 0 Å². The molecule has 1 amide bonds. The average molecular weight is 308 g/mol. The maximum atomic E-state index is 13.9. The minimum Gasteiger partial charge on any atom is -0.316 e. The van der Waals surface area contributed by atoms with Crippen molar-refractivity contribution in [3.63, 3.8) is 0 Å². The molecule has 0 bridgehead atoms. The van der Waals surface area contributed by atoms with Crippen LogP contribution < -0.4 is 10.6 Å². The summed E-state index contributed by atoms with van der Waals surface area (Å²) < 4.78 is 27.3. The smallest absolute Gasteiger partial charge is 0.249 e. The predicted molar refractivity (Wildman–Crippen MR) is 78.3 cm³/mol. The fraction of sp³-hybridized carbons (Fsp3) is 0.267. The van der Waals surface area contributed by atoms with Crippen LogP contribution in [0.2, 0.25) is 0 Å². The largest absolute Gasteiger partial charge is 0.316 e. The Hall–Kier alpha value is -1.79. The molecule has 0 radical (unpaired) electrons. The van der Waals surface area contributed by atoms with Crippen LogP contribution in [0, 0.1) is 25.5 Å². The number of benzene rings is 1. The van der Waals surface area contributed by atoms with Crippen LogP contribution in [0.4, 0.5) is 14.5 Å². The van der Waals surface area contributed by atoms with E-state index in [0.717, 1.165) is 27.5 Å². The Morgan fingerprint density at radius 1 is 1.29 bits per heavy atom. The van der Waals surface area contributed by atoms with Gasteiger partial charge in [-0.3, -0.25) is 4.79 Å².